The van der Waals surface area contributed by atoms with Crippen LogP contribution in [0.1, 0.15) is 39.4 Å². The van der Waals surface area contributed by atoms with Crippen molar-refractivity contribution >= 4 is 12.0 Å². The third-order valence-electron chi connectivity index (χ3n) is 2.62. The van der Waals surface area contributed by atoms with Crippen molar-refractivity contribution < 1.29 is 19.1 Å². The Hall–Kier alpha value is -1.98. The zero-order valence-corrected chi connectivity index (χ0v) is 12.1. The number of urea groups is 1. The van der Waals surface area contributed by atoms with Crippen LogP contribution in [-0.4, -0.2) is 23.1 Å². The van der Waals surface area contributed by atoms with Gasteiger partial charge in [0.2, 0.25) is 0 Å². The maximum atomic E-state index is 11.8. The van der Waals surface area contributed by atoms with Crippen LogP contribution in [0.2, 0.25) is 0 Å². The van der Waals surface area contributed by atoms with Gasteiger partial charge in [-0.2, -0.15) is 0 Å². The molecule has 20 heavy (non-hydrogen) atoms. The number of hydrogen-bond donors (Lipinski definition) is 3. The summed E-state index contributed by atoms with van der Waals surface area (Å²) in [7, 11) is 0. The molecular formula is C14H22N2O4. The minimum atomic E-state index is -0.925. The first-order valence-electron chi connectivity index (χ1n) is 6.55. The van der Waals surface area contributed by atoms with Gasteiger partial charge < -0.3 is 20.2 Å². The van der Waals surface area contributed by atoms with E-state index in [1.54, 1.807) is 12.1 Å². The number of carbonyl (C=O) groups is 2. The van der Waals surface area contributed by atoms with Crippen LogP contribution in [0.3, 0.4) is 0 Å². The fourth-order valence-corrected chi connectivity index (χ4v) is 1.94. The highest BCUT2D eigenvalue weighted by atomic mass is 16.4. The molecular weight excluding hydrogens is 260 g/mol. The summed E-state index contributed by atoms with van der Waals surface area (Å²) in [6.07, 6.45) is 2.03. The third-order valence-corrected chi connectivity index (χ3v) is 2.62. The van der Waals surface area contributed by atoms with Gasteiger partial charge in [-0.25, -0.2) is 4.79 Å². The summed E-state index contributed by atoms with van der Waals surface area (Å²) < 4.78 is 5.10. The van der Waals surface area contributed by atoms with Crippen LogP contribution >= 0.6 is 0 Å². The van der Waals surface area contributed by atoms with Crippen LogP contribution in [0.25, 0.3) is 0 Å². The third kappa shape index (κ3) is 6.82. The molecule has 6 nitrogen and oxygen atoms in total. The van der Waals surface area contributed by atoms with Crippen LogP contribution in [0.4, 0.5) is 4.79 Å². The highest BCUT2D eigenvalue weighted by Gasteiger charge is 2.22. The van der Waals surface area contributed by atoms with Crippen molar-refractivity contribution in [2.75, 3.05) is 0 Å². The number of rotatable bonds is 6. The molecule has 2 amide bonds. The molecule has 1 atom stereocenters. The quantitative estimate of drug-likeness (QED) is 0.747. The first kappa shape index (κ1) is 16.1. The van der Waals surface area contributed by atoms with Crippen LogP contribution in [-0.2, 0) is 11.3 Å². The van der Waals surface area contributed by atoms with Crippen LogP contribution in [0, 0.1) is 5.41 Å². The molecule has 1 aromatic heterocycles. The number of carbonyl (C=O) groups excluding carboxylic acids is 1. The molecule has 1 aromatic rings. The van der Waals surface area contributed by atoms with E-state index in [0.29, 0.717) is 12.2 Å². The SMILES string of the molecule is CC(C)(C)CC(CC(=O)O)NC(=O)NCc1ccco1. The van der Waals surface area contributed by atoms with Gasteiger partial charge in [-0.05, 0) is 24.0 Å². The van der Waals surface area contributed by atoms with E-state index < -0.39 is 18.0 Å². The monoisotopic (exact) mass is 282 g/mol. The number of hydrogen-bond acceptors (Lipinski definition) is 3. The molecule has 0 fully saturated rings. The number of furan rings is 1. The standard InChI is InChI=1S/C14H22N2O4/c1-14(2,3)8-10(7-12(17)18)16-13(19)15-9-11-5-4-6-20-11/h4-6,10H,7-9H2,1-3H3,(H,17,18)(H2,15,16,19). The van der Waals surface area contributed by atoms with E-state index in [4.69, 9.17) is 9.52 Å². The predicted molar refractivity (Wildman–Crippen MR) is 74.2 cm³/mol. The molecule has 0 saturated heterocycles. The van der Waals surface area contributed by atoms with Gasteiger partial charge in [-0.1, -0.05) is 20.8 Å². The Balaban J connectivity index is 2.46. The zero-order valence-electron chi connectivity index (χ0n) is 12.1. The highest BCUT2D eigenvalue weighted by molar-refractivity contribution is 5.75. The topological polar surface area (TPSA) is 91.6 Å². The second-order valence-electron chi connectivity index (χ2n) is 5.97. The molecule has 0 aliphatic heterocycles. The molecule has 1 rings (SSSR count). The second kappa shape index (κ2) is 6.98. The Morgan fingerprint density at radius 2 is 2.10 bits per heavy atom. The van der Waals surface area contributed by atoms with E-state index in [1.807, 2.05) is 20.8 Å². The Bertz CT molecular complexity index is 435. The summed E-state index contributed by atoms with van der Waals surface area (Å²) >= 11 is 0. The maximum absolute atomic E-state index is 11.8. The summed E-state index contributed by atoms with van der Waals surface area (Å²) in [6, 6.07) is 2.70. The van der Waals surface area contributed by atoms with Gasteiger partial charge in [0.15, 0.2) is 0 Å². The Kier molecular flexibility index (Phi) is 5.61. The zero-order chi connectivity index (χ0) is 15.2. The lowest BCUT2D eigenvalue weighted by molar-refractivity contribution is -0.137. The van der Waals surface area contributed by atoms with Crippen LogP contribution < -0.4 is 10.6 Å². The molecule has 0 spiro atoms. The van der Waals surface area contributed by atoms with E-state index in [2.05, 4.69) is 10.6 Å². The Labute approximate surface area is 118 Å². The van der Waals surface area contributed by atoms with Crippen molar-refractivity contribution in [1.82, 2.24) is 10.6 Å². The van der Waals surface area contributed by atoms with Crippen molar-refractivity contribution in [3.05, 3.63) is 24.2 Å². The molecule has 0 radical (unpaired) electrons. The number of carboxylic acids is 1. The van der Waals surface area contributed by atoms with Crippen molar-refractivity contribution in [3.8, 4) is 0 Å². The van der Waals surface area contributed by atoms with Crippen LogP contribution in [0.15, 0.2) is 22.8 Å². The fraction of sp³-hybridized carbons (Fsp3) is 0.571. The van der Waals surface area contributed by atoms with Gasteiger partial charge >= 0.3 is 12.0 Å². The van der Waals surface area contributed by atoms with Gasteiger partial charge in [0.25, 0.3) is 0 Å². The van der Waals surface area contributed by atoms with Crippen molar-refractivity contribution in [2.24, 2.45) is 5.41 Å². The van der Waals surface area contributed by atoms with Crippen molar-refractivity contribution in [3.63, 3.8) is 0 Å². The summed E-state index contributed by atoms with van der Waals surface area (Å²) in [5.74, 6) is -0.281. The average molecular weight is 282 g/mol. The van der Waals surface area contributed by atoms with Gasteiger partial charge in [-0.3, -0.25) is 4.79 Å². The second-order valence-corrected chi connectivity index (χ2v) is 5.97. The molecule has 0 aliphatic rings. The first-order valence-corrected chi connectivity index (χ1v) is 6.55. The molecule has 0 bridgehead atoms. The lowest BCUT2D eigenvalue weighted by atomic mass is 9.87. The van der Waals surface area contributed by atoms with E-state index in [-0.39, 0.29) is 18.4 Å². The predicted octanol–water partition coefficient (Wildman–Crippen LogP) is 2.36. The van der Waals surface area contributed by atoms with E-state index in [0.717, 1.165) is 0 Å². The summed E-state index contributed by atoms with van der Waals surface area (Å²) in [4.78, 5) is 22.6. The highest BCUT2D eigenvalue weighted by Crippen LogP contribution is 2.22. The fourth-order valence-electron chi connectivity index (χ4n) is 1.94. The summed E-state index contributed by atoms with van der Waals surface area (Å²) in [6.45, 7) is 6.28. The van der Waals surface area contributed by atoms with Crippen molar-refractivity contribution in [1.29, 1.82) is 0 Å². The first-order chi connectivity index (χ1) is 9.26. The normalized spacial score (nSPS) is 12.8. The number of aliphatic carboxylic acids is 1. The largest absolute Gasteiger partial charge is 0.481 e. The molecule has 1 heterocycles. The molecule has 0 aliphatic carbocycles. The summed E-state index contributed by atoms with van der Waals surface area (Å²) in [5.41, 5.74) is -0.0611. The summed E-state index contributed by atoms with van der Waals surface area (Å²) in [5, 5.41) is 14.2. The maximum Gasteiger partial charge on any atom is 0.315 e. The lowest BCUT2D eigenvalue weighted by Crippen LogP contribution is -2.44. The van der Waals surface area contributed by atoms with E-state index >= 15 is 0 Å². The van der Waals surface area contributed by atoms with Crippen LogP contribution in [0.5, 0.6) is 0 Å². The van der Waals surface area contributed by atoms with Gasteiger partial charge in [-0.15, -0.1) is 0 Å². The molecule has 1 unspecified atom stereocenters. The minimum Gasteiger partial charge on any atom is -0.481 e. The lowest BCUT2D eigenvalue weighted by Gasteiger charge is -2.25. The number of nitrogens with one attached hydrogen (secondary N) is 2. The van der Waals surface area contributed by atoms with Gasteiger partial charge in [0, 0.05) is 6.04 Å². The van der Waals surface area contributed by atoms with E-state index in [1.165, 1.54) is 6.26 Å². The molecule has 0 saturated carbocycles. The number of amides is 2. The number of carboxylic acid groups (broad SMARTS) is 1. The smallest absolute Gasteiger partial charge is 0.315 e. The Morgan fingerprint density at radius 1 is 1.40 bits per heavy atom. The van der Waals surface area contributed by atoms with Crippen molar-refractivity contribution in [2.45, 2.75) is 46.2 Å². The minimum absolute atomic E-state index is 0.0611. The average Bonchev–Trinajstić information content (AvgIpc) is 2.75. The molecule has 6 heteroatoms. The Morgan fingerprint density at radius 3 is 2.60 bits per heavy atom. The molecule has 0 aromatic carbocycles. The van der Waals surface area contributed by atoms with E-state index in [9.17, 15) is 9.59 Å². The van der Waals surface area contributed by atoms with Gasteiger partial charge in [0.1, 0.15) is 5.76 Å². The molecule has 112 valence electrons. The van der Waals surface area contributed by atoms with Gasteiger partial charge in [0.05, 0.1) is 19.2 Å². The molecule has 3 N–H and O–H groups in total.